The van der Waals surface area contributed by atoms with Crippen LogP contribution in [0.4, 0.5) is 22.4 Å². The van der Waals surface area contributed by atoms with Crippen LogP contribution in [0.5, 0.6) is 0 Å². The minimum absolute atomic E-state index is 0.0757. The molecule has 1 saturated heterocycles. The van der Waals surface area contributed by atoms with Crippen LogP contribution in [-0.4, -0.2) is 41.6 Å². The summed E-state index contributed by atoms with van der Waals surface area (Å²) in [5, 5.41) is 0. The number of ketones is 1. The maximum absolute atomic E-state index is 13.9. The second-order valence-corrected chi connectivity index (χ2v) is 8.96. The van der Waals surface area contributed by atoms with Crippen LogP contribution in [-0.2, 0) is 11.2 Å². The van der Waals surface area contributed by atoms with Crippen molar-refractivity contribution in [3.63, 3.8) is 0 Å². The van der Waals surface area contributed by atoms with E-state index in [1.54, 1.807) is 4.90 Å². The van der Waals surface area contributed by atoms with Gasteiger partial charge in [0.25, 0.3) is 5.78 Å². The molecule has 1 saturated carbocycles. The Balaban J connectivity index is 1.50. The molecular weight excluding hydrogens is 378 g/mol. The van der Waals surface area contributed by atoms with Gasteiger partial charge < -0.3 is 9.64 Å². The molecule has 1 heterocycles. The summed E-state index contributed by atoms with van der Waals surface area (Å²) in [7, 11) is 0. The van der Waals surface area contributed by atoms with Crippen LogP contribution in [0.15, 0.2) is 18.2 Å². The monoisotopic (exact) mass is 401 g/mol. The van der Waals surface area contributed by atoms with E-state index in [0.717, 1.165) is 25.0 Å². The molecule has 4 nitrogen and oxygen atoms in total. The van der Waals surface area contributed by atoms with Crippen LogP contribution in [0.25, 0.3) is 0 Å². The number of ether oxygens (including phenoxy) is 1. The van der Waals surface area contributed by atoms with Crippen LogP contribution in [0.1, 0.15) is 49.5 Å². The molecule has 1 aromatic rings. The van der Waals surface area contributed by atoms with Crippen LogP contribution in [0.2, 0.25) is 0 Å². The van der Waals surface area contributed by atoms with Crippen molar-refractivity contribution in [1.82, 2.24) is 4.90 Å². The predicted octanol–water partition coefficient (Wildman–Crippen LogP) is 4.76. The molecule has 0 aromatic heterocycles. The van der Waals surface area contributed by atoms with Gasteiger partial charge in [0.1, 0.15) is 11.4 Å². The Morgan fingerprint density at radius 2 is 1.79 bits per heavy atom. The molecule has 0 bridgehead atoms. The molecular formula is C20H23F4NO3. The lowest BCUT2D eigenvalue weighted by molar-refractivity contribution is -0.0947. The molecule has 1 aliphatic heterocycles. The van der Waals surface area contributed by atoms with Gasteiger partial charge >= 0.3 is 12.3 Å². The molecule has 154 valence electrons. The third-order valence-electron chi connectivity index (χ3n) is 5.21. The van der Waals surface area contributed by atoms with Gasteiger partial charge in [0.05, 0.1) is 5.56 Å². The summed E-state index contributed by atoms with van der Waals surface area (Å²) < 4.78 is 56.6. The molecule has 0 radical (unpaired) electrons. The zero-order valence-electron chi connectivity index (χ0n) is 16.0. The highest BCUT2D eigenvalue weighted by atomic mass is 19.4. The second kappa shape index (κ2) is 6.74. The first-order chi connectivity index (χ1) is 12.8. The Morgan fingerprint density at radius 1 is 1.18 bits per heavy atom. The van der Waals surface area contributed by atoms with E-state index in [2.05, 4.69) is 0 Å². The molecule has 8 heteroatoms. The highest BCUT2D eigenvalue weighted by Crippen LogP contribution is 2.53. The number of likely N-dealkylation sites (tertiary alicyclic amines) is 1. The Bertz CT molecular complexity index is 784. The van der Waals surface area contributed by atoms with Gasteiger partial charge in [0.15, 0.2) is 0 Å². The van der Waals surface area contributed by atoms with Gasteiger partial charge in [-0.3, -0.25) is 4.79 Å². The average Bonchev–Trinajstić information content (AvgIpc) is 2.44. The molecule has 1 spiro atoms. The number of carbonyl (C=O) groups excluding carboxylic acids is 2. The molecule has 1 aliphatic carbocycles. The largest absolute Gasteiger partial charge is 0.454 e. The maximum Gasteiger partial charge on any atom is 0.454 e. The SMILES string of the molecule is CC(C)(C)OC(=O)N1CC2(CC(Cc3ccc(C(=O)C(F)(F)F)c(F)c3)C2)C1. The minimum atomic E-state index is -5.09. The number of carbonyl (C=O) groups is 2. The third-order valence-corrected chi connectivity index (χ3v) is 5.21. The van der Waals surface area contributed by atoms with E-state index in [1.807, 2.05) is 20.8 Å². The zero-order chi connectivity index (χ0) is 20.9. The Morgan fingerprint density at radius 3 is 2.29 bits per heavy atom. The fraction of sp³-hybridized carbons (Fsp3) is 0.600. The number of Topliss-reactive ketones (excluding diaryl/α,β-unsaturated/α-hetero) is 1. The lowest BCUT2D eigenvalue weighted by Gasteiger charge is -2.59. The third kappa shape index (κ3) is 4.31. The van der Waals surface area contributed by atoms with Crippen LogP contribution in [0.3, 0.4) is 0 Å². The van der Waals surface area contributed by atoms with E-state index < -0.39 is 28.9 Å². The second-order valence-electron chi connectivity index (χ2n) is 8.96. The molecule has 2 aliphatic rings. The number of rotatable bonds is 3. The summed E-state index contributed by atoms with van der Waals surface area (Å²) in [5.41, 5.74) is -0.842. The summed E-state index contributed by atoms with van der Waals surface area (Å²) in [4.78, 5) is 24.8. The first-order valence-electron chi connectivity index (χ1n) is 9.16. The van der Waals surface area contributed by atoms with Gasteiger partial charge in [0.2, 0.25) is 0 Å². The standard InChI is InChI=1S/C20H23F4NO3/c1-18(2,3)28-17(27)25-10-19(11-25)8-13(9-19)6-12-4-5-14(15(21)7-12)16(26)20(22,23)24/h4-5,7,13H,6,8-11H2,1-3H3. The predicted molar refractivity (Wildman–Crippen MR) is 93.5 cm³/mol. The number of alkyl halides is 3. The maximum atomic E-state index is 13.9. The fourth-order valence-corrected chi connectivity index (χ4v) is 4.14. The van der Waals surface area contributed by atoms with Gasteiger partial charge in [-0.15, -0.1) is 0 Å². The Hall–Kier alpha value is -2.12. The number of hydrogen-bond donors (Lipinski definition) is 0. The zero-order valence-corrected chi connectivity index (χ0v) is 16.0. The topological polar surface area (TPSA) is 46.6 Å². The van der Waals surface area contributed by atoms with E-state index in [4.69, 9.17) is 4.74 Å². The Labute approximate surface area is 160 Å². The molecule has 0 atom stereocenters. The van der Waals surface area contributed by atoms with Crippen molar-refractivity contribution >= 4 is 11.9 Å². The summed E-state index contributed by atoms with van der Waals surface area (Å²) in [5.74, 6) is -3.03. The minimum Gasteiger partial charge on any atom is -0.444 e. The lowest BCUT2D eigenvalue weighted by Crippen LogP contribution is -2.64. The summed E-state index contributed by atoms with van der Waals surface area (Å²) in [6, 6.07) is 3.29. The normalized spacial score (nSPS) is 19.2. The van der Waals surface area contributed by atoms with E-state index in [9.17, 15) is 27.2 Å². The summed E-state index contributed by atoms with van der Waals surface area (Å²) >= 11 is 0. The van der Waals surface area contributed by atoms with Crippen molar-refractivity contribution in [2.24, 2.45) is 11.3 Å². The molecule has 28 heavy (non-hydrogen) atoms. The smallest absolute Gasteiger partial charge is 0.444 e. The van der Waals surface area contributed by atoms with E-state index in [-0.39, 0.29) is 17.4 Å². The number of hydrogen-bond acceptors (Lipinski definition) is 3. The average molecular weight is 401 g/mol. The summed E-state index contributed by atoms with van der Waals surface area (Å²) in [6.07, 6.45) is -3.14. The van der Waals surface area contributed by atoms with Crippen molar-refractivity contribution in [1.29, 1.82) is 0 Å². The van der Waals surface area contributed by atoms with Gasteiger partial charge in [-0.1, -0.05) is 6.07 Å². The quantitative estimate of drug-likeness (QED) is 0.542. The van der Waals surface area contributed by atoms with Crippen LogP contribution < -0.4 is 0 Å². The van der Waals surface area contributed by atoms with Gasteiger partial charge in [0, 0.05) is 18.5 Å². The van der Waals surface area contributed by atoms with Gasteiger partial charge in [-0.25, -0.2) is 9.18 Å². The number of amides is 1. The Kier molecular flexibility index (Phi) is 4.96. The lowest BCUT2D eigenvalue weighted by atomic mass is 9.56. The first kappa shape index (κ1) is 20.6. The number of halogens is 4. The first-order valence-corrected chi connectivity index (χ1v) is 9.16. The van der Waals surface area contributed by atoms with Crippen molar-refractivity contribution < 1.29 is 31.9 Å². The number of nitrogens with zero attached hydrogens (tertiary/aromatic N) is 1. The highest BCUT2D eigenvalue weighted by Gasteiger charge is 2.54. The van der Waals surface area contributed by atoms with Crippen LogP contribution in [0, 0.1) is 17.2 Å². The van der Waals surface area contributed by atoms with E-state index in [0.29, 0.717) is 25.1 Å². The van der Waals surface area contributed by atoms with E-state index >= 15 is 0 Å². The van der Waals surface area contributed by atoms with Crippen LogP contribution >= 0.6 is 0 Å². The van der Waals surface area contributed by atoms with Gasteiger partial charge in [-0.05, 0) is 63.6 Å². The van der Waals surface area contributed by atoms with Crippen molar-refractivity contribution in [2.75, 3.05) is 13.1 Å². The molecule has 2 fully saturated rings. The molecule has 3 rings (SSSR count). The van der Waals surface area contributed by atoms with Crippen molar-refractivity contribution in [3.05, 3.63) is 35.1 Å². The number of benzene rings is 1. The van der Waals surface area contributed by atoms with E-state index in [1.165, 1.54) is 6.07 Å². The van der Waals surface area contributed by atoms with Gasteiger partial charge in [-0.2, -0.15) is 13.2 Å². The summed E-state index contributed by atoms with van der Waals surface area (Å²) in [6.45, 7) is 6.70. The molecule has 1 amide bonds. The molecule has 0 N–H and O–H groups in total. The highest BCUT2D eigenvalue weighted by molar-refractivity contribution is 6.00. The van der Waals surface area contributed by atoms with Crippen molar-refractivity contribution in [2.45, 2.75) is 51.8 Å². The molecule has 0 unspecified atom stereocenters. The van der Waals surface area contributed by atoms with Crippen molar-refractivity contribution in [3.8, 4) is 0 Å². The molecule has 1 aromatic carbocycles. The fourth-order valence-electron chi connectivity index (χ4n) is 4.14.